The molecule has 0 bridgehead atoms. The van der Waals surface area contributed by atoms with Gasteiger partial charge in [0.05, 0.1) is 22.7 Å². The molecule has 0 saturated heterocycles. The molecule has 1 heterocycles. The summed E-state index contributed by atoms with van der Waals surface area (Å²) in [5, 5.41) is 12.5. The predicted octanol–water partition coefficient (Wildman–Crippen LogP) is 2.02. The van der Waals surface area contributed by atoms with Crippen LogP contribution in [0.4, 0.5) is 0 Å². The lowest BCUT2D eigenvalue weighted by Gasteiger charge is -2.30. The third kappa shape index (κ3) is 3.17. The molecular formula is C12H17ClN2O2. The van der Waals surface area contributed by atoms with E-state index >= 15 is 0 Å². The van der Waals surface area contributed by atoms with Crippen LogP contribution in [0.25, 0.3) is 0 Å². The number of aliphatic hydroxyl groups excluding tert-OH is 1. The van der Waals surface area contributed by atoms with Gasteiger partial charge in [-0.15, -0.1) is 0 Å². The van der Waals surface area contributed by atoms with E-state index in [9.17, 15) is 9.90 Å². The molecule has 0 fully saturated rings. The molecule has 1 aromatic heterocycles. The van der Waals surface area contributed by atoms with Crippen molar-refractivity contribution in [1.29, 1.82) is 0 Å². The molecule has 1 rings (SSSR count). The summed E-state index contributed by atoms with van der Waals surface area (Å²) in [7, 11) is 0. The minimum atomic E-state index is -0.580. The molecule has 0 aliphatic carbocycles. The van der Waals surface area contributed by atoms with Crippen LogP contribution in [-0.4, -0.2) is 28.1 Å². The first-order valence-electron chi connectivity index (χ1n) is 5.61. The number of nitrogens with zero attached hydrogens (tertiary/aromatic N) is 1. The molecule has 1 amide bonds. The first kappa shape index (κ1) is 13.9. The highest BCUT2D eigenvalue weighted by atomic mass is 35.5. The minimum Gasteiger partial charge on any atom is -0.394 e. The van der Waals surface area contributed by atoms with Gasteiger partial charge in [0.1, 0.15) is 0 Å². The van der Waals surface area contributed by atoms with E-state index in [4.69, 9.17) is 11.6 Å². The lowest BCUT2D eigenvalue weighted by atomic mass is 9.93. The van der Waals surface area contributed by atoms with Gasteiger partial charge in [0.15, 0.2) is 0 Å². The first-order chi connectivity index (χ1) is 8.08. The largest absolute Gasteiger partial charge is 0.394 e. The molecule has 4 nitrogen and oxygen atoms in total. The number of carbonyl (C=O) groups is 1. The van der Waals surface area contributed by atoms with Crippen molar-refractivity contribution in [1.82, 2.24) is 10.3 Å². The Morgan fingerprint density at radius 2 is 2.18 bits per heavy atom. The Morgan fingerprint density at radius 3 is 2.65 bits per heavy atom. The molecule has 1 aromatic rings. The Hall–Kier alpha value is -1.13. The molecule has 17 heavy (non-hydrogen) atoms. The Labute approximate surface area is 106 Å². The van der Waals surface area contributed by atoms with Crippen molar-refractivity contribution in [2.75, 3.05) is 6.61 Å². The van der Waals surface area contributed by atoms with Crippen molar-refractivity contribution >= 4 is 17.5 Å². The molecule has 2 N–H and O–H groups in total. The molecule has 5 heteroatoms. The van der Waals surface area contributed by atoms with Crippen molar-refractivity contribution in [3.63, 3.8) is 0 Å². The number of amides is 1. The van der Waals surface area contributed by atoms with Crippen molar-refractivity contribution in [3.8, 4) is 0 Å². The van der Waals surface area contributed by atoms with Crippen LogP contribution in [-0.2, 0) is 0 Å². The smallest absolute Gasteiger partial charge is 0.253 e. The van der Waals surface area contributed by atoms with Crippen LogP contribution in [0.1, 0.15) is 37.0 Å². The predicted molar refractivity (Wildman–Crippen MR) is 67.1 cm³/mol. The van der Waals surface area contributed by atoms with E-state index in [0.29, 0.717) is 23.4 Å². The topological polar surface area (TPSA) is 62.2 Å². The second-order valence-electron chi connectivity index (χ2n) is 3.96. The van der Waals surface area contributed by atoms with Crippen molar-refractivity contribution in [3.05, 3.63) is 29.0 Å². The van der Waals surface area contributed by atoms with Gasteiger partial charge in [-0.05, 0) is 18.9 Å². The van der Waals surface area contributed by atoms with Gasteiger partial charge in [-0.1, -0.05) is 25.4 Å². The average molecular weight is 257 g/mol. The van der Waals surface area contributed by atoms with Gasteiger partial charge >= 0.3 is 0 Å². The third-order valence-corrected chi connectivity index (χ3v) is 3.35. The van der Waals surface area contributed by atoms with E-state index in [-0.39, 0.29) is 12.5 Å². The summed E-state index contributed by atoms with van der Waals surface area (Å²) >= 11 is 5.89. The quantitative estimate of drug-likeness (QED) is 0.847. The summed E-state index contributed by atoms with van der Waals surface area (Å²) < 4.78 is 0. The molecule has 0 saturated carbocycles. The van der Waals surface area contributed by atoms with Gasteiger partial charge in [0.25, 0.3) is 5.91 Å². The van der Waals surface area contributed by atoms with Crippen LogP contribution < -0.4 is 5.32 Å². The standard InChI is InChI=1S/C12H17ClN2O2/c1-3-12(4-2,8-16)15-11(17)9-5-6-14-7-10(9)13/h5-7,16H,3-4,8H2,1-2H3,(H,15,17). The molecular weight excluding hydrogens is 240 g/mol. The Kier molecular flexibility index (Phi) is 4.90. The second-order valence-corrected chi connectivity index (χ2v) is 4.36. The highest BCUT2D eigenvalue weighted by Gasteiger charge is 2.28. The summed E-state index contributed by atoms with van der Waals surface area (Å²) in [5.74, 6) is -0.282. The fourth-order valence-electron chi connectivity index (χ4n) is 1.56. The number of aromatic nitrogens is 1. The number of halogens is 1. The van der Waals surface area contributed by atoms with E-state index in [0.717, 1.165) is 0 Å². The maximum absolute atomic E-state index is 12.0. The zero-order valence-corrected chi connectivity index (χ0v) is 10.8. The van der Waals surface area contributed by atoms with Crippen molar-refractivity contribution in [2.45, 2.75) is 32.2 Å². The number of rotatable bonds is 5. The van der Waals surface area contributed by atoms with E-state index in [1.54, 1.807) is 6.07 Å². The van der Waals surface area contributed by atoms with Crippen molar-refractivity contribution < 1.29 is 9.90 Å². The van der Waals surface area contributed by atoms with E-state index in [2.05, 4.69) is 10.3 Å². The van der Waals surface area contributed by atoms with Gasteiger partial charge < -0.3 is 10.4 Å². The molecule has 0 unspecified atom stereocenters. The van der Waals surface area contributed by atoms with E-state index < -0.39 is 5.54 Å². The molecule has 0 spiro atoms. The van der Waals surface area contributed by atoms with Crippen LogP contribution in [0.2, 0.25) is 5.02 Å². The average Bonchev–Trinajstić information content (AvgIpc) is 2.36. The van der Waals surface area contributed by atoms with Gasteiger partial charge in [0, 0.05) is 12.4 Å². The van der Waals surface area contributed by atoms with Crippen LogP contribution in [0.15, 0.2) is 18.5 Å². The summed E-state index contributed by atoms with van der Waals surface area (Å²) in [6.07, 6.45) is 4.26. The number of nitrogens with one attached hydrogen (secondary N) is 1. The Morgan fingerprint density at radius 1 is 1.53 bits per heavy atom. The highest BCUT2D eigenvalue weighted by Crippen LogP contribution is 2.18. The molecule has 0 aromatic carbocycles. The fraction of sp³-hybridized carbons (Fsp3) is 0.500. The summed E-state index contributed by atoms with van der Waals surface area (Å²) in [5.41, 5.74) is -0.203. The SMILES string of the molecule is CCC(CC)(CO)NC(=O)c1ccncc1Cl. The molecule has 0 radical (unpaired) electrons. The molecule has 0 atom stereocenters. The van der Waals surface area contributed by atoms with Gasteiger partial charge in [-0.3, -0.25) is 9.78 Å². The number of hydrogen-bond acceptors (Lipinski definition) is 3. The lowest BCUT2D eigenvalue weighted by Crippen LogP contribution is -2.50. The zero-order chi connectivity index (χ0) is 12.9. The minimum absolute atomic E-state index is 0.0888. The number of pyridine rings is 1. The molecule has 94 valence electrons. The monoisotopic (exact) mass is 256 g/mol. The molecule has 0 aliphatic heterocycles. The highest BCUT2D eigenvalue weighted by molar-refractivity contribution is 6.33. The maximum atomic E-state index is 12.0. The second kappa shape index (κ2) is 5.98. The third-order valence-electron chi connectivity index (χ3n) is 3.05. The van der Waals surface area contributed by atoms with Gasteiger partial charge in [-0.25, -0.2) is 0 Å². The number of hydrogen-bond donors (Lipinski definition) is 2. The summed E-state index contributed by atoms with van der Waals surface area (Å²) in [6, 6.07) is 1.56. The number of aliphatic hydroxyl groups is 1. The van der Waals surface area contributed by atoms with Crippen molar-refractivity contribution in [2.24, 2.45) is 0 Å². The van der Waals surface area contributed by atoms with Crippen LogP contribution >= 0.6 is 11.6 Å². The summed E-state index contributed by atoms with van der Waals surface area (Å²) in [4.78, 5) is 15.8. The Bertz CT molecular complexity index is 384. The van der Waals surface area contributed by atoms with E-state index in [1.807, 2.05) is 13.8 Å². The maximum Gasteiger partial charge on any atom is 0.253 e. The normalized spacial score (nSPS) is 11.3. The lowest BCUT2D eigenvalue weighted by molar-refractivity contribution is 0.0818. The van der Waals surface area contributed by atoms with Crippen LogP contribution in [0.5, 0.6) is 0 Å². The fourth-order valence-corrected chi connectivity index (χ4v) is 1.76. The van der Waals surface area contributed by atoms with Gasteiger partial charge in [0.2, 0.25) is 0 Å². The molecule has 0 aliphatic rings. The van der Waals surface area contributed by atoms with Crippen LogP contribution in [0, 0.1) is 0 Å². The van der Waals surface area contributed by atoms with E-state index in [1.165, 1.54) is 12.4 Å². The van der Waals surface area contributed by atoms with Crippen LogP contribution in [0.3, 0.4) is 0 Å². The Balaban J connectivity index is 2.89. The number of carbonyl (C=O) groups excluding carboxylic acids is 1. The van der Waals surface area contributed by atoms with Gasteiger partial charge in [-0.2, -0.15) is 0 Å². The first-order valence-corrected chi connectivity index (χ1v) is 5.99. The zero-order valence-electron chi connectivity index (χ0n) is 10.0. The summed E-state index contributed by atoms with van der Waals surface area (Å²) in [6.45, 7) is 3.76.